The Morgan fingerprint density at radius 3 is 2.50 bits per heavy atom. The molecule has 5 heteroatoms. The van der Waals surface area contributed by atoms with Crippen molar-refractivity contribution in [3.8, 4) is 12.3 Å². The molecule has 2 rings (SSSR count). The highest BCUT2D eigenvalue weighted by Gasteiger charge is 2.19. The molecule has 0 fully saturated rings. The van der Waals surface area contributed by atoms with Gasteiger partial charge in [0, 0.05) is 6.42 Å². The Morgan fingerprint density at radius 1 is 1.44 bits per heavy atom. The predicted octanol–water partition coefficient (Wildman–Crippen LogP) is 1.61. The van der Waals surface area contributed by atoms with E-state index in [2.05, 4.69) is 24.1 Å². The van der Waals surface area contributed by atoms with E-state index in [4.69, 9.17) is 16.7 Å². The SMILES string of the molecule is C#CCC1=Cc2ccccc2C1N.CS(=O)(=O)O. The fraction of sp³-hybridized carbons (Fsp3) is 0.231. The fourth-order valence-electron chi connectivity index (χ4n) is 1.69. The van der Waals surface area contributed by atoms with Gasteiger partial charge in [0.25, 0.3) is 10.1 Å². The molecule has 1 unspecified atom stereocenters. The molecule has 1 aromatic rings. The maximum absolute atomic E-state index is 9.19. The van der Waals surface area contributed by atoms with E-state index in [-0.39, 0.29) is 6.04 Å². The van der Waals surface area contributed by atoms with Crippen LogP contribution >= 0.6 is 0 Å². The minimum absolute atomic E-state index is 0.00671. The number of rotatable bonds is 1. The molecule has 1 aliphatic rings. The molecule has 0 bridgehead atoms. The highest BCUT2D eigenvalue weighted by atomic mass is 32.2. The Labute approximate surface area is 107 Å². The van der Waals surface area contributed by atoms with Crippen LogP contribution in [0.2, 0.25) is 0 Å². The lowest BCUT2D eigenvalue weighted by atomic mass is 10.0. The van der Waals surface area contributed by atoms with E-state index in [9.17, 15) is 8.42 Å². The average molecular weight is 265 g/mol. The summed E-state index contributed by atoms with van der Waals surface area (Å²) in [6, 6.07) is 8.15. The number of fused-ring (bicyclic) bond motifs is 1. The molecule has 0 aromatic heterocycles. The molecule has 0 heterocycles. The molecule has 96 valence electrons. The Balaban J connectivity index is 0.000000280. The van der Waals surface area contributed by atoms with Crippen molar-refractivity contribution in [1.29, 1.82) is 0 Å². The first kappa shape index (κ1) is 14.5. The molecule has 0 aliphatic heterocycles. The van der Waals surface area contributed by atoms with E-state index >= 15 is 0 Å². The van der Waals surface area contributed by atoms with Gasteiger partial charge in [0.05, 0.1) is 12.3 Å². The van der Waals surface area contributed by atoms with Crippen LogP contribution in [0, 0.1) is 12.3 Å². The summed E-state index contributed by atoms with van der Waals surface area (Å²) in [6.45, 7) is 0. The molecular formula is C13H15NO3S. The lowest BCUT2D eigenvalue weighted by molar-refractivity contribution is 0.490. The second kappa shape index (κ2) is 5.83. The largest absolute Gasteiger partial charge is 0.320 e. The van der Waals surface area contributed by atoms with Gasteiger partial charge in [-0.05, 0) is 16.7 Å². The second-order valence-corrected chi connectivity index (χ2v) is 5.41. The Bertz CT molecular complexity index is 589. The smallest absolute Gasteiger partial charge is 0.261 e. The van der Waals surface area contributed by atoms with Crippen molar-refractivity contribution in [3.63, 3.8) is 0 Å². The topological polar surface area (TPSA) is 80.4 Å². The number of terminal acetylenes is 1. The molecule has 3 N–H and O–H groups in total. The fourth-order valence-corrected chi connectivity index (χ4v) is 1.69. The van der Waals surface area contributed by atoms with Crippen LogP contribution in [-0.4, -0.2) is 19.2 Å². The first-order valence-corrected chi connectivity index (χ1v) is 7.08. The number of hydrogen-bond donors (Lipinski definition) is 2. The van der Waals surface area contributed by atoms with Gasteiger partial charge in [0.15, 0.2) is 0 Å². The summed E-state index contributed by atoms with van der Waals surface area (Å²) in [7, 11) is -3.67. The van der Waals surface area contributed by atoms with Crippen LogP contribution in [-0.2, 0) is 10.1 Å². The maximum Gasteiger partial charge on any atom is 0.261 e. The Morgan fingerprint density at radius 2 is 2.00 bits per heavy atom. The first-order chi connectivity index (χ1) is 8.33. The van der Waals surface area contributed by atoms with Gasteiger partial charge in [0.2, 0.25) is 0 Å². The lowest BCUT2D eigenvalue weighted by Crippen LogP contribution is -2.09. The molecule has 1 aromatic carbocycles. The minimum atomic E-state index is -3.67. The molecule has 0 saturated heterocycles. The number of hydrogen-bond acceptors (Lipinski definition) is 3. The van der Waals surface area contributed by atoms with Gasteiger partial charge in [0.1, 0.15) is 0 Å². The van der Waals surface area contributed by atoms with E-state index < -0.39 is 10.1 Å². The molecule has 0 saturated carbocycles. The minimum Gasteiger partial charge on any atom is -0.320 e. The van der Waals surface area contributed by atoms with Gasteiger partial charge >= 0.3 is 0 Å². The standard InChI is InChI=1S/C12H11N.CH4O3S/c1-2-5-10-8-9-6-3-4-7-11(9)12(10)13;1-5(2,3)4/h1,3-4,6-8,12H,5,13H2;1H3,(H,2,3,4). The summed E-state index contributed by atoms with van der Waals surface area (Å²) >= 11 is 0. The van der Waals surface area contributed by atoms with Crippen LogP contribution in [0.15, 0.2) is 29.8 Å². The van der Waals surface area contributed by atoms with E-state index in [1.165, 1.54) is 11.1 Å². The monoisotopic (exact) mass is 265 g/mol. The molecule has 0 spiro atoms. The quantitative estimate of drug-likeness (QED) is 0.597. The second-order valence-electron chi connectivity index (χ2n) is 3.94. The van der Waals surface area contributed by atoms with Crippen molar-refractivity contribution in [2.75, 3.05) is 6.26 Å². The maximum atomic E-state index is 9.19. The summed E-state index contributed by atoms with van der Waals surface area (Å²) in [5.74, 6) is 2.63. The highest BCUT2D eigenvalue weighted by molar-refractivity contribution is 7.85. The third-order valence-corrected chi connectivity index (χ3v) is 2.38. The highest BCUT2D eigenvalue weighted by Crippen LogP contribution is 2.33. The van der Waals surface area contributed by atoms with Gasteiger partial charge in [-0.25, -0.2) is 0 Å². The van der Waals surface area contributed by atoms with Crippen molar-refractivity contribution < 1.29 is 13.0 Å². The summed E-state index contributed by atoms with van der Waals surface area (Å²) < 4.78 is 25.9. The summed E-state index contributed by atoms with van der Waals surface area (Å²) in [5, 5.41) is 0. The van der Waals surface area contributed by atoms with Crippen LogP contribution in [0.5, 0.6) is 0 Å². The van der Waals surface area contributed by atoms with Gasteiger partial charge in [-0.1, -0.05) is 30.3 Å². The number of benzene rings is 1. The van der Waals surface area contributed by atoms with Crippen LogP contribution in [0.3, 0.4) is 0 Å². The van der Waals surface area contributed by atoms with Crippen LogP contribution in [0.25, 0.3) is 6.08 Å². The van der Waals surface area contributed by atoms with Crippen LogP contribution in [0.4, 0.5) is 0 Å². The van der Waals surface area contributed by atoms with Crippen LogP contribution < -0.4 is 5.73 Å². The normalized spacial score (nSPS) is 17.0. The van der Waals surface area contributed by atoms with Gasteiger partial charge in [-0.2, -0.15) is 8.42 Å². The first-order valence-electron chi connectivity index (χ1n) is 5.24. The van der Waals surface area contributed by atoms with Crippen molar-refractivity contribution >= 4 is 16.2 Å². The van der Waals surface area contributed by atoms with Crippen molar-refractivity contribution in [2.45, 2.75) is 12.5 Å². The van der Waals surface area contributed by atoms with E-state index in [0.717, 1.165) is 5.57 Å². The molecule has 18 heavy (non-hydrogen) atoms. The molecule has 1 atom stereocenters. The predicted molar refractivity (Wildman–Crippen MR) is 72.3 cm³/mol. The molecule has 0 amide bonds. The zero-order chi connectivity index (χ0) is 13.8. The van der Waals surface area contributed by atoms with E-state index in [1.54, 1.807) is 0 Å². The zero-order valence-electron chi connectivity index (χ0n) is 10.00. The van der Waals surface area contributed by atoms with Crippen LogP contribution in [0.1, 0.15) is 23.6 Å². The van der Waals surface area contributed by atoms with E-state index in [0.29, 0.717) is 12.7 Å². The van der Waals surface area contributed by atoms with Gasteiger partial charge in [-0.15, -0.1) is 12.3 Å². The third-order valence-electron chi connectivity index (χ3n) is 2.38. The Kier molecular flexibility index (Phi) is 4.68. The third kappa shape index (κ3) is 4.34. The molecular weight excluding hydrogens is 250 g/mol. The zero-order valence-corrected chi connectivity index (χ0v) is 10.8. The lowest BCUT2D eigenvalue weighted by Gasteiger charge is -2.08. The summed E-state index contributed by atoms with van der Waals surface area (Å²) in [5.41, 5.74) is 9.55. The molecule has 1 aliphatic carbocycles. The molecule has 4 nitrogen and oxygen atoms in total. The summed E-state index contributed by atoms with van der Waals surface area (Å²) in [6.07, 6.45) is 8.72. The van der Waals surface area contributed by atoms with Gasteiger partial charge in [-0.3, -0.25) is 4.55 Å². The van der Waals surface area contributed by atoms with Crippen molar-refractivity contribution in [1.82, 2.24) is 0 Å². The number of nitrogens with two attached hydrogens (primary N) is 1. The van der Waals surface area contributed by atoms with Crippen molar-refractivity contribution in [3.05, 3.63) is 41.0 Å². The van der Waals surface area contributed by atoms with Crippen molar-refractivity contribution in [2.24, 2.45) is 5.73 Å². The Hall–Kier alpha value is -1.61. The van der Waals surface area contributed by atoms with E-state index in [1.807, 2.05) is 12.1 Å². The molecule has 0 radical (unpaired) electrons. The average Bonchev–Trinajstić information content (AvgIpc) is 2.55. The summed E-state index contributed by atoms with van der Waals surface area (Å²) in [4.78, 5) is 0. The van der Waals surface area contributed by atoms with Gasteiger partial charge < -0.3 is 5.73 Å².